The second-order valence-electron chi connectivity index (χ2n) is 5.68. The molecular formula is C16H19ClO3S. The average Bonchev–Trinajstić information content (AvgIpc) is 2.50. The Labute approximate surface area is 134 Å². The molecule has 2 heterocycles. The van der Waals surface area contributed by atoms with Crippen LogP contribution < -0.4 is 4.74 Å². The zero-order valence-electron chi connectivity index (χ0n) is 11.8. The first-order valence-electron chi connectivity index (χ1n) is 7.34. The molecule has 3 rings (SSSR count). The maximum Gasteiger partial charge on any atom is 0.150 e. The average molecular weight is 327 g/mol. The monoisotopic (exact) mass is 326 g/mol. The molecule has 2 saturated heterocycles. The van der Waals surface area contributed by atoms with Gasteiger partial charge in [-0.2, -0.15) is 11.8 Å². The SMILES string of the molecule is O=Cc1ccc(OC2CCOC3(CCSCC3)C2)c(Cl)c1. The Morgan fingerprint density at radius 3 is 2.90 bits per heavy atom. The van der Waals surface area contributed by atoms with E-state index in [0.29, 0.717) is 16.3 Å². The van der Waals surface area contributed by atoms with Crippen LogP contribution >= 0.6 is 23.4 Å². The van der Waals surface area contributed by atoms with Crippen molar-refractivity contribution in [1.82, 2.24) is 0 Å². The molecule has 1 unspecified atom stereocenters. The largest absolute Gasteiger partial charge is 0.489 e. The Balaban J connectivity index is 1.68. The van der Waals surface area contributed by atoms with Crippen molar-refractivity contribution >= 4 is 29.6 Å². The molecule has 1 aromatic carbocycles. The minimum Gasteiger partial charge on any atom is -0.489 e. The van der Waals surface area contributed by atoms with E-state index in [4.69, 9.17) is 21.1 Å². The van der Waals surface area contributed by atoms with Crippen molar-refractivity contribution in [2.24, 2.45) is 0 Å². The summed E-state index contributed by atoms with van der Waals surface area (Å²) in [6.45, 7) is 0.749. The van der Waals surface area contributed by atoms with E-state index in [0.717, 1.165) is 38.6 Å². The first kappa shape index (κ1) is 15.2. The van der Waals surface area contributed by atoms with E-state index in [9.17, 15) is 4.79 Å². The van der Waals surface area contributed by atoms with Crippen molar-refractivity contribution in [2.75, 3.05) is 18.1 Å². The van der Waals surface area contributed by atoms with Gasteiger partial charge in [0, 0.05) is 18.4 Å². The number of rotatable bonds is 3. The zero-order valence-corrected chi connectivity index (χ0v) is 13.4. The van der Waals surface area contributed by atoms with Crippen LogP contribution in [0.25, 0.3) is 0 Å². The molecule has 0 aromatic heterocycles. The molecule has 21 heavy (non-hydrogen) atoms. The fraction of sp³-hybridized carbons (Fsp3) is 0.562. The zero-order chi connectivity index (χ0) is 14.7. The third-order valence-electron chi connectivity index (χ3n) is 4.24. The molecule has 0 aliphatic carbocycles. The van der Waals surface area contributed by atoms with E-state index in [1.54, 1.807) is 18.2 Å². The van der Waals surface area contributed by atoms with Crippen LogP contribution in [0.1, 0.15) is 36.0 Å². The van der Waals surface area contributed by atoms with Crippen molar-refractivity contribution in [1.29, 1.82) is 0 Å². The molecule has 2 aliphatic rings. The number of carbonyl (C=O) groups excluding carboxylic acids is 1. The van der Waals surface area contributed by atoms with Crippen molar-refractivity contribution in [3.8, 4) is 5.75 Å². The van der Waals surface area contributed by atoms with Crippen LogP contribution in [0.2, 0.25) is 5.02 Å². The molecule has 2 aliphatic heterocycles. The minimum atomic E-state index is 0.00335. The number of carbonyl (C=O) groups is 1. The quantitative estimate of drug-likeness (QED) is 0.787. The fourth-order valence-corrected chi connectivity index (χ4v) is 4.51. The third kappa shape index (κ3) is 3.55. The van der Waals surface area contributed by atoms with Crippen LogP contribution in [0.15, 0.2) is 18.2 Å². The van der Waals surface area contributed by atoms with Crippen LogP contribution in [-0.4, -0.2) is 36.1 Å². The molecule has 1 atom stereocenters. The second kappa shape index (κ2) is 6.59. The third-order valence-corrected chi connectivity index (χ3v) is 5.52. The summed E-state index contributed by atoms with van der Waals surface area (Å²) in [7, 11) is 0. The van der Waals surface area contributed by atoms with Gasteiger partial charge in [-0.05, 0) is 42.5 Å². The molecule has 0 radical (unpaired) electrons. The highest BCUT2D eigenvalue weighted by molar-refractivity contribution is 7.99. The van der Waals surface area contributed by atoms with Crippen LogP contribution in [-0.2, 0) is 4.74 Å². The van der Waals surface area contributed by atoms with Crippen molar-refractivity contribution in [2.45, 2.75) is 37.4 Å². The Morgan fingerprint density at radius 1 is 1.38 bits per heavy atom. The van der Waals surface area contributed by atoms with Gasteiger partial charge in [0.2, 0.25) is 0 Å². The van der Waals surface area contributed by atoms with Gasteiger partial charge in [-0.3, -0.25) is 4.79 Å². The smallest absolute Gasteiger partial charge is 0.150 e. The highest BCUT2D eigenvalue weighted by Gasteiger charge is 2.39. The molecule has 1 spiro atoms. The summed E-state index contributed by atoms with van der Waals surface area (Å²) in [5.41, 5.74) is 0.573. The molecule has 0 saturated carbocycles. The molecule has 3 nitrogen and oxygen atoms in total. The first-order chi connectivity index (χ1) is 10.2. The lowest BCUT2D eigenvalue weighted by Crippen LogP contribution is -2.46. The van der Waals surface area contributed by atoms with Gasteiger partial charge >= 0.3 is 0 Å². The number of benzene rings is 1. The number of thioether (sulfide) groups is 1. The van der Waals surface area contributed by atoms with Crippen molar-refractivity contribution < 1.29 is 14.3 Å². The van der Waals surface area contributed by atoms with Gasteiger partial charge in [-0.1, -0.05) is 11.6 Å². The first-order valence-corrected chi connectivity index (χ1v) is 8.87. The molecule has 0 bridgehead atoms. The van der Waals surface area contributed by atoms with Gasteiger partial charge in [0.15, 0.2) is 0 Å². The Kier molecular flexibility index (Phi) is 4.77. The number of halogens is 1. The highest BCUT2D eigenvalue weighted by atomic mass is 35.5. The lowest BCUT2D eigenvalue weighted by molar-refractivity contribution is -0.116. The van der Waals surface area contributed by atoms with Crippen LogP contribution in [0.5, 0.6) is 5.75 Å². The van der Waals surface area contributed by atoms with E-state index in [1.807, 2.05) is 11.8 Å². The Morgan fingerprint density at radius 2 is 2.19 bits per heavy atom. The molecule has 114 valence electrons. The normalized spacial score (nSPS) is 24.7. The topological polar surface area (TPSA) is 35.5 Å². The van der Waals surface area contributed by atoms with Crippen molar-refractivity contribution in [3.63, 3.8) is 0 Å². The summed E-state index contributed by atoms with van der Waals surface area (Å²) in [4.78, 5) is 10.7. The van der Waals surface area contributed by atoms with E-state index in [-0.39, 0.29) is 11.7 Å². The predicted molar refractivity (Wildman–Crippen MR) is 85.7 cm³/mol. The van der Waals surface area contributed by atoms with Gasteiger partial charge in [0.05, 0.1) is 17.2 Å². The molecular weight excluding hydrogens is 308 g/mol. The van der Waals surface area contributed by atoms with Crippen LogP contribution in [0, 0.1) is 0 Å². The van der Waals surface area contributed by atoms with E-state index < -0.39 is 0 Å². The standard InChI is InChI=1S/C16H19ClO3S/c17-14-9-12(11-18)1-2-15(14)20-13-3-6-19-16(10-13)4-7-21-8-5-16/h1-2,9,11,13H,3-8,10H2. The summed E-state index contributed by atoms with van der Waals surface area (Å²) in [6.07, 6.45) is 4.96. The second-order valence-corrected chi connectivity index (χ2v) is 7.32. The molecule has 0 N–H and O–H groups in total. The van der Waals surface area contributed by atoms with E-state index in [2.05, 4.69) is 0 Å². The molecule has 1 aromatic rings. The Bertz CT molecular complexity index is 509. The minimum absolute atomic E-state index is 0.00335. The lowest BCUT2D eigenvalue weighted by Gasteiger charge is -2.43. The maximum absolute atomic E-state index is 10.7. The van der Waals surface area contributed by atoms with Gasteiger partial charge in [-0.15, -0.1) is 0 Å². The molecule has 5 heteroatoms. The van der Waals surface area contributed by atoms with Gasteiger partial charge in [0.1, 0.15) is 18.1 Å². The van der Waals surface area contributed by atoms with E-state index in [1.165, 1.54) is 11.5 Å². The molecule has 2 fully saturated rings. The Hall–Kier alpha value is -0.710. The summed E-state index contributed by atoms with van der Waals surface area (Å²) in [5.74, 6) is 3.00. The molecule has 0 amide bonds. The maximum atomic E-state index is 10.7. The van der Waals surface area contributed by atoms with Crippen LogP contribution in [0.3, 0.4) is 0 Å². The predicted octanol–water partition coefficient (Wildman–Crippen LogP) is 3.98. The van der Waals surface area contributed by atoms with Gasteiger partial charge in [-0.25, -0.2) is 0 Å². The summed E-state index contributed by atoms with van der Waals surface area (Å²) >= 11 is 8.19. The van der Waals surface area contributed by atoms with Gasteiger partial charge < -0.3 is 9.47 Å². The number of hydrogen-bond donors (Lipinski definition) is 0. The fourth-order valence-electron chi connectivity index (χ4n) is 3.04. The lowest BCUT2D eigenvalue weighted by atomic mass is 9.86. The highest BCUT2D eigenvalue weighted by Crippen LogP contribution is 2.39. The summed E-state index contributed by atoms with van der Waals surface area (Å²) in [5, 5.41) is 0.499. The summed E-state index contributed by atoms with van der Waals surface area (Å²) in [6, 6.07) is 5.17. The van der Waals surface area contributed by atoms with Crippen molar-refractivity contribution in [3.05, 3.63) is 28.8 Å². The van der Waals surface area contributed by atoms with E-state index >= 15 is 0 Å². The summed E-state index contributed by atoms with van der Waals surface area (Å²) < 4.78 is 12.1. The van der Waals surface area contributed by atoms with Gasteiger partial charge in [0.25, 0.3) is 0 Å². The number of hydrogen-bond acceptors (Lipinski definition) is 4. The number of ether oxygens (including phenoxy) is 2. The van der Waals surface area contributed by atoms with Crippen LogP contribution in [0.4, 0.5) is 0 Å². The number of aldehydes is 1.